The van der Waals surface area contributed by atoms with Crippen molar-refractivity contribution in [3.05, 3.63) is 188 Å². The number of benzene rings is 6. The molecule has 40 heavy (non-hydrogen) atoms. The van der Waals surface area contributed by atoms with Crippen molar-refractivity contribution in [2.45, 2.75) is 0 Å². The first-order valence-electron chi connectivity index (χ1n) is 13.7. The van der Waals surface area contributed by atoms with E-state index < -0.39 is 26.0 Å². The Hall–Kier alpha value is -3.78. The van der Waals surface area contributed by atoms with E-state index in [9.17, 15) is 0 Å². The van der Waals surface area contributed by atoms with Gasteiger partial charge in [0.05, 0.1) is 0 Å². The number of hydrogen-bond acceptors (Lipinski definition) is 0. The monoisotopic (exact) mass is 680 g/mol. The van der Waals surface area contributed by atoms with Crippen molar-refractivity contribution in [2.75, 3.05) is 0 Å². The molecule has 0 fully saturated rings. The summed E-state index contributed by atoms with van der Waals surface area (Å²) >= 11 is -4.08. The van der Waals surface area contributed by atoms with Crippen LogP contribution in [0.2, 0.25) is 0 Å². The molecule has 0 amide bonds. The second-order valence-corrected chi connectivity index (χ2v) is 46.7. The van der Waals surface area contributed by atoms with Crippen LogP contribution in [0.3, 0.4) is 0 Å². The van der Waals surface area contributed by atoms with Gasteiger partial charge in [0.15, 0.2) is 0 Å². The fraction of sp³-hybridized carbons (Fsp3) is 0. The van der Waals surface area contributed by atoms with Gasteiger partial charge in [-0.15, -0.1) is 0 Å². The van der Waals surface area contributed by atoms with Crippen LogP contribution in [0.1, 0.15) is 5.56 Å². The summed E-state index contributed by atoms with van der Waals surface area (Å²) in [4.78, 5) is 0. The SMILES string of the molecule is C(#[C][Sn]([c]1ccccc1)([c]1ccccc1)[Ge]([c]1ccccc1)([c]1ccccc1)[c]1ccccc1)c1ccccc1. The van der Waals surface area contributed by atoms with Crippen LogP contribution in [0.25, 0.3) is 0 Å². The van der Waals surface area contributed by atoms with Crippen molar-refractivity contribution < 1.29 is 0 Å². The Morgan fingerprint density at radius 1 is 0.350 bits per heavy atom. The Morgan fingerprint density at radius 3 is 1.00 bits per heavy atom. The molecule has 6 aromatic rings. The molecular weight excluding hydrogens is 648 g/mol. The summed E-state index contributed by atoms with van der Waals surface area (Å²) in [6, 6.07) is 67.2. The molecule has 0 heterocycles. The van der Waals surface area contributed by atoms with E-state index in [0.29, 0.717) is 0 Å². The van der Waals surface area contributed by atoms with E-state index in [-0.39, 0.29) is 0 Å². The third-order valence-electron chi connectivity index (χ3n) is 7.76. The van der Waals surface area contributed by atoms with E-state index in [2.05, 4.69) is 192 Å². The Morgan fingerprint density at radius 2 is 0.650 bits per heavy atom. The first kappa shape index (κ1) is 26.4. The van der Waals surface area contributed by atoms with E-state index in [0.717, 1.165) is 5.56 Å². The Bertz CT molecular complexity index is 1570. The third-order valence-corrected chi connectivity index (χ3v) is 65.4. The Labute approximate surface area is 242 Å². The average molecular weight is 678 g/mol. The van der Waals surface area contributed by atoms with E-state index >= 15 is 0 Å². The van der Waals surface area contributed by atoms with Gasteiger partial charge in [0, 0.05) is 0 Å². The maximum absolute atomic E-state index is 4.26. The van der Waals surface area contributed by atoms with E-state index in [1.54, 1.807) is 0 Å². The van der Waals surface area contributed by atoms with Gasteiger partial charge < -0.3 is 0 Å². The van der Waals surface area contributed by atoms with E-state index in [4.69, 9.17) is 0 Å². The summed E-state index contributed by atoms with van der Waals surface area (Å²) in [5, 5.41) is 0. The van der Waals surface area contributed by atoms with Crippen LogP contribution in [-0.4, -0.2) is 26.0 Å². The molecular formula is C38H30GeSn. The van der Waals surface area contributed by atoms with Gasteiger partial charge in [0.2, 0.25) is 0 Å². The van der Waals surface area contributed by atoms with Crippen molar-refractivity contribution >= 4 is 46.3 Å². The topological polar surface area (TPSA) is 0 Å². The standard InChI is InChI=1S/C18H15Ge.C8H5.2C6H5.Sn/c1-4-10-16(11-5-1)19(17-12-6-2-7-13-17)18-14-8-3-9-15-18;1-2-8-6-4-3-5-7-8;2*1-2-4-6-5-3-1;/h1-15H;3-7H;2*1-5H;. The molecule has 0 atom stereocenters. The van der Waals surface area contributed by atoms with Gasteiger partial charge in [-0.3, -0.25) is 0 Å². The van der Waals surface area contributed by atoms with Crippen LogP contribution in [0.5, 0.6) is 0 Å². The molecule has 6 rings (SSSR count). The predicted octanol–water partition coefficient (Wildman–Crippen LogP) is 5.09. The van der Waals surface area contributed by atoms with Crippen molar-refractivity contribution in [2.24, 2.45) is 0 Å². The normalized spacial score (nSPS) is 11.3. The number of rotatable bonds is 6. The Balaban J connectivity index is 1.88. The molecule has 0 bridgehead atoms. The molecule has 2 heteroatoms. The first-order valence-corrected chi connectivity index (χ1v) is 29.6. The molecule has 0 nitrogen and oxygen atoms in total. The molecule has 190 valence electrons. The van der Waals surface area contributed by atoms with Crippen LogP contribution in [0.4, 0.5) is 0 Å². The summed E-state index contributed by atoms with van der Waals surface area (Å²) < 4.78 is 11.5. The minimum absolute atomic E-state index is 1.07. The van der Waals surface area contributed by atoms with Crippen molar-refractivity contribution in [1.82, 2.24) is 0 Å². The molecule has 0 aromatic heterocycles. The van der Waals surface area contributed by atoms with Gasteiger partial charge in [0.25, 0.3) is 0 Å². The second-order valence-electron chi connectivity index (χ2n) is 9.95. The van der Waals surface area contributed by atoms with Crippen LogP contribution in [-0.2, 0) is 0 Å². The van der Waals surface area contributed by atoms with Crippen LogP contribution in [0.15, 0.2) is 182 Å². The summed E-state index contributed by atoms with van der Waals surface area (Å²) in [6.45, 7) is 0. The maximum atomic E-state index is 4.26. The van der Waals surface area contributed by atoms with Crippen LogP contribution >= 0.6 is 0 Å². The second kappa shape index (κ2) is 12.2. The number of hydrogen-bond donors (Lipinski definition) is 0. The Kier molecular flexibility index (Phi) is 8.04. The van der Waals surface area contributed by atoms with Crippen LogP contribution in [0, 0.1) is 9.86 Å². The van der Waals surface area contributed by atoms with Crippen molar-refractivity contribution in [3.63, 3.8) is 0 Å². The fourth-order valence-corrected chi connectivity index (χ4v) is 72.1. The molecule has 6 aromatic carbocycles. The third kappa shape index (κ3) is 4.74. The first-order chi connectivity index (χ1) is 19.9. The van der Waals surface area contributed by atoms with Gasteiger partial charge in [-0.1, -0.05) is 0 Å². The van der Waals surface area contributed by atoms with Crippen LogP contribution < -0.4 is 20.3 Å². The van der Waals surface area contributed by atoms with Gasteiger partial charge in [-0.2, -0.15) is 0 Å². The van der Waals surface area contributed by atoms with Gasteiger partial charge in [-0.25, -0.2) is 0 Å². The van der Waals surface area contributed by atoms with Gasteiger partial charge in [-0.05, 0) is 0 Å². The van der Waals surface area contributed by atoms with Crippen molar-refractivity contribution in [3.8, 4) is 9.86 Å². The van der Waals surface area contributed by atoms with E-state index in [1.165, 1.54) is 20.3 Å². The zero-order chi connectivity index (χ0) is 27.1. The molecule has 0 aliphatic carbocycles. The molecule has 0 aliphatic rings. The van der Waals surface area contributed by atoms with Crippen molar-refractivity contribution in [1.29, 1.82) is 0 Å². The summed E-state index contributed by atoms with van der Waals surface area (Å²) in [5.41, 5.74) is 1.07. The molecule has 0 saturated heterocycles. The minimum atomic E-state index is -4.08. The summed E-state index contributed by atoms with van der Waals surface area (Å²) in [7, 11) is -3.61. The average Bonchev–Trinajstić information content (AvgIpc) is 3.06. The fourth-order valence-electron chi connectivity index (χ4n) is 6.12. The molecule has 0 aliphatic heterocycles. The summed E-state index contributed by atoms with van der Waals surface area (Å²) in [5.74, 6) is 3.79. The van der Waals surface area contributed by atoms with E-state index in [1.807, 2.05) is 0 Å². The zero-order valence-electron chi connectivity index (χ0n) is 22.3. The predicted molar refractivity (Wildman–Crippen MR) is 175 cm³/mol. The quantitative estimate of drug-likeness (QED) is 0.170. The summed E-state index contributed by atoms with van der Waals surface area (Å²) in [6.07, 6.45) is 0. The molecule has 0 radical (unpaired) electrons. The zero-order valence-corrected chi connectivity index (χ0v) is 27.3. The molecule has 0 saturated carbocycles. The van der Waals surface area contributed by atoms with Gasteiger partial charge >= 0.3 is 244 Å². The molecule has 0 unspecified atom stereocenters. The van der Waals surface area contributed by atoms with Gasteiger partial charge in [0.1, 0.15) is 0 Å². The molecule has 0 spiro atoms. The molecule has 0 N–H and O–H groups in total.